The van der Waals surface area contributed by atoms with Crippen LogP contribution in [0.5, 0.6) is 0 Å². The van der Waals surface area contributed by atoms with Crippen LogP contribution in [0.3, 0.4) is 0 Å². The fourth-order valence-electron chi connectivity index (χ4n) is 2.14. The summed E-state index contributed by atoms with van der Waals surface area (Å²) >= 11 is 0. The molecule has 0 spiro atoms. The molecule has 3 nitrogen and oxygen atoms in total. The molecule has 0 aromatic carbocycles. The van der Waals surface area contributed by atoms with Crippen molar-refractivity contribution in [1.29, 1.82) is 0 Å². The summed E-state index contributed by atoms with van der Waals surface area (Å²) in [6.07, 6.45) is 10.5. The molecule has 0 bridgehead atoms. The van der Waals surface area contributed by atoms with E-state index in [-0.39, 0.29) is 0 Å². The Morgan fingerprint density at radius 3 is 2.47 bits per heavy atom. The Hall–Kier alpha value is -1.35. The first kappa shape index (κ1) is 10.2. The highest BCUT2D eigenvalue weighted by molar-refractivity contribution is 5.24. The van der Waals surface area contributed by atoms with Crippen LogP contribution < -0.4 is 0 Å². The number of aromatic nitrogens is 2. The van der Waals surface area contributed by atoms with Crippen LogP contribution in [0.25, 0.3) is 0 Å². The van der Waals surface area contributed by atoms with Gasteiger partial charge in [-0.25, -0.2) is 0 Å². The first-order valence-electron chi connectivity index (χ1n) is 5.19. The zero-order valence-electron chi connectivity index (χ0n) is 9.46. The van der Waals surface area contributed by atoms with Gasteiger partial charge in [0.25, 0.3) is 0 Å². The van der Waals surface area contributed by atoms with Crippen LogP contribution in [0.1, 0.15) is 11.7 Å². The normalized spacial score (nSPS) is 17.9. The lowest BCUT2D eigenvalue weighted by molar-refractivity contribution is 0.255. The fraction of sp³-hybridized carbons (Fsp3) is 0.417. The quantitative estimate of drug-likeness (QED) is 0.746. The lowest BCUT2D eigenvalue weighted by Crippen LogP contribution is -2.27. The Balaban J connectivity index is 2.32. The minimum Gasteiger partial charge on any atom is -0.300 e. The second-order valence-corrected chi connectivity index (χ2v) is 4.14. The molecule has 1 aliphatic rings. The van der Waals surface area contributed by atoms with Gasteiger partial charge in [-0.05, 0) is 20.2 Å². The second-order valence-electron chi connectivity index (χ2n) is 4.14. The fourth-order valence-corrected chi connectivity index (χ4v) is 2.14. The average molecular weight is 203 g/mol. The highest BCUT2D eigenvalue weighted by atomic mass is 15.3. The number of nitrogens with zero attached hydrogens (tertiary/aromatic N) is 3. The Labute approximate surface area is 90.7 Å². The van der Waals surface area contributed by atoms with Gasteiger partial charge in [-0.3, -0.25) is 4.68 Å². The number of hydrogen-bond acceptors (Lipinski definition) is 2. The van der Waals surface area contributed by atoms with E-state index >= 15 is 0 Å². The Morgan fingerprint density at radius 1 is 1.33 bits per heavy atom. The summed E-state index contributed by atoms with van der Waals surface area (Å²) in [4.78, 5) is 2.24. The lowest BCUT2D eigenvalue weighted by atomic mass is 9.97. The van der Waals surface area contributed by atoms with Crippen molar-refractivity contribution in [3.05, 3.63) is 42.3 Å². The van der Waals surface area contributed by atoms with Crippen molar-refractivity contribution in [2.75, 3.05) is 14.1 Å². The molecule has 0 unspecified atom stereocenters. The summed E-state index contributed by atoms with van der Waals surface area (Å²) in [6.45, 7) is 0. The van der Waals surface area contributed by atoms with Crippen LogP contribution in [0.2, 0.25) is 0 Å². The summed E-state index contributed by atoms with van der Waals surface area (Å²) in [7, 11) is 6.21. The van der Waals surface area contributed by atoms with Gasteiger partial charge in [0.1, 0.15) is 0 Å². The van der Waals surface area contributed by atoms with Gasteiger partial charge in [0.15, 0.2) is 0 Å². The Kier molecular flexibility index (Phi) is 2.73. The molecule has 1 aliphatic carbocycles. The summed E-state index contributed by atoms with van der Waals surface area (Å²) < 4.78 is 1.95. The standard InChI is InChI=1S/C12H17N3/c1-14(2)12(10-6-4-5-7-10)11-8-9-13-15(11)3/h4-10,12H,1-3H3/t12-/m0/s1. The molecule has 0 amide bonds. The molecule has 1 aromatic heterocycles. The maximum Gasteiger partial charge on any atom is 0.0610 e. The van der Waals surface area contributed by atoms with Gasteiger partial charge in [0.05, 0.1) is 11.7 Å². The number of allylic oxidation sites excluding steroid dienone is 2. The van der Waals surface area contributed by atoms with Gasteiger partial charge in [-0.2, -0.15) is 5.10 Å². The van der Waals surface area contributed by atoms with E-state index < -0.39 is 0 Å². The van der Waals surface area contributed by atoms with E-state index in [2.05, 4.69) is 54.5 Å². The topological polar surface area (TPSA) is 21.1 Å². The monoisotopic (exact) mass is 203 g/mol. The average Bonchev–Trinajstić information content (AvgIpc) is 2.79. The van der Waals surface area contributed by atoms with E-state index in [4.69, 9.17) is 0 Å². The predicted octanol–water partition coefficient (Wildman–Crippen LogP) is 1.77. The highest BCUT2D eigenvalue weighted by Crippen LogP contribution is 2.30. The van der Waals surface area contributed by atoms with E-state index in [9.17, 15) is 0 Å². The molecule has 0 saturated heterocycles. The summed E-state index contributed by atoms with van der Waals surface area (Å²) in [5.74, 6) is 0.454. The molecule has 0 radical (unpaired) electrons. The molecule has 1 heterocycles. The van der Waals surface area contributed by atoms with Gasteiger partial charge in [-0.1, -0.05) is 24.3 Å². The molecule has 0 aliphatic heterocycles. The molecule has 0 fully saturated rings. The molecule has 15 heavy (non-hydrogen) atoms. The molecule has 2 rings (SSSR count). The summed E-state index contributed by atoms with van der Waals surface area (Å²) in [5, 5.41) is 4.23. The minimum absolute atomic E-state index is 0.368. The van der Waals surface area contributed by atoms with Crippen LogP contribution in [0.4, 0.5) is 0 Å². The maximum absolute atomic E-state index is 4.23. The van der Waals surface area contributed by atoms with Crippen molar-refractivity contribution >= 4 is 0 Å². The first-order chi connectivity index (χ1) is 7.20. The van der Waals surface area contributed by atoms with Gasteiger partial charge >= 0.3 is 0 Å². The van der Waals surface area contributed by atoms with Crippen LogP contribution in [0, 0.1) is 5.92 Å². The number of hydrogen-bond donors (Lipinski definition) is 0. The molecular weight excluding hydrogens is 186 g/mol. The number of rotatable bonds is 3. The van der Waals surface area contributed by atoms with Gasteiger partial charge in [0.2, 0.25) is 0 Å². The third kappa shape index (κ3) is 1.88. The van der Waals surface area contributed by atoms with E-state index in [0.717, 1.165) is 0 Å². The maximum atomic E-state index is 4.23. The summed E-state index contributed by atoms with van der Waals surface area (Å²) in [5.41, 5.74) is 1.25. The van der Waals surface area contributed by atoms with E-state index in [1.54, 1.807) is 0 Å². The lowest BCUT2D eigenvalue weighted by Gasteiger charge is -2.28. The highest BCUT2D eigenvalue weighted by Gasteiger charge is 2.24. The number of aryl methyl sites for hydroxylation is 1. The second kappa shape index (κ2) is 4.03. The van der Waals surface area contributed by atoms with Crippen LogP contribution in [-0.2, 0) is 7.05 Å². The van der Waals surface area contributed by atoms with Crippen molar-refractivity contribution < 1.29 is 0 Å². The third-order valence-electron chi connectivity index (χ3n) is 2.86. The Bertz CT molecular complexity index is 375. The zero-order valence-corrected chi connectivity index (χ0v) is 9.46. The van der Waals surface area contributed by atoms with E-state index in [1.165, 1.54) is 5.69 Å². The van der Waals surface area contributed by atoms with E-state index in [0.29, 0.717) is 12.0 Å². The van der Waals surface area contributed by atoms with Crippen LogP contribution >= 0.6 is 0 Å². The third-order valence-corrected chi connectivity index (χ3v) is 2.86. The molecule has 0 saturated carbocycles. The van der Waals surface area contributed by atoms with Crippen molar-refractivity contribution in [3.8, 4) is 0 Å². The van der Waals surface area contributed by atoms with E-state index in [1.807, 2.05) is 17.9 Å². The predicted molar refractivity (Wildman–Crippen MR) is 61.4 cm³/mol. The Morgan fingerprint density at radius 2 is 2.00 bits per heavy atom. The summed E-state index contributed by atoms with van der Waals surface area (Å²) in [6, 6.07) is 2.46. The first-order valence-corrected chi connectivity index (χ1v) is 5.19. The molecule has 1 aromatic rings. The largest absolute Gasteiger partial charge is 0.300 e. The zero-order chi connectivity index (χ0) is 10.8. The molecule has 1 atom stereocenters. The smallest absolute Gasteiger partial charge is 0.0610 e. The van der Waals surface area contributed by atoms with Crippen LogP contribution in [0.15, 0.2) is 36.6 Å². The van der Waals surface area contributed by atoms with Gasteiger partial charge < -0.3 is 4.90 Å². The van der Waals surface area contributed by atoms with Gasteiger partial charge in [-0.15, -0.1) is 0 Å². The van der Waals surface area contributed by atoms with Gasteiger partial charge in [0, 0.05) is 19.2 Å². The molecule has 3 heteroatoms. The van der Waals surface area contributed by atoms with Crippen LogP contribution in [-0.4, -0.2) is 28.8 Å². The van der Waals surface area contributed by atoms with Crippen molar-refractivity contribution in [3.63, 3.8) is 0 Å². The van der Waals surface area contributed by atoms with Crippen molar-refractivity contribution in [2.24, 2.45) is 13.0 Å². The molecule has 0 N–H and O–H groups in total. The van der Waals surface area contributed by atoms with Crippen molar-refractivity contribution in [2.45, 2.75) is 6.04 Å². The molecule has 80 valence electrons. The molecular formula is C12H17N3. The minimum atomic E-state index is 0.368. The van der Waals surface area contributed by atoms with Crippen molar-refractivity contribution in [1.82, 2.24) is 14.7 Å². The SMILES string of the molecule is CN(C)[C@H](c1ccnn1C)C1C=CC=C1.